The first-order valence-corrected chi connectivity index (χ1v) is 4.75. The molecule has 8 nitrogen and oxygen atoms in total. The van der Waals surface area contributed by atoms with Gasteiger partial charge in [0.2, 0.25) is 0 Å². The van der Waals surface area contributed by atoms with Crippen molar-refractivity contribution in [2.24, 2.45) is 0 Å². The molecule has 0 bridgehead atoms. The summed E-state index contributed by atoms with van der Waals surface area (Å²) >= 11 is 0. The monoisotopic (exact) mass is 240 g/mol. The molecule has 1 aliphatic heterocycles. The Kier molecular flexibility index (Phi) is 4.59. The normalized spacial score (nSPS) is 40.7. The van der Waals surface area contributed by atoms with Crippen LogP contribution in [0.2, 0.25) is 0 Å². The second-order valence-corrected chi connectivity index (χ2v) is 3.70. The van der Waals surface area contributed by atoms with Crippen molar-refractivity contribution in [2.45, 2.75) is 42.9 Å². The van der Waals surface area contributed by atoms with Gasteiger partial charge in [-0.15, -0.1) is 0 Å². The molecule has 1 rings (SSSR count). The van der Waals surface area contributed by atoms with E-state index in [9.17, 15) is 15.3 Å². The first-order chi connectivity index (χ1) is 7.40. The lowest BCUT2D eigenvalue weighted by atomic mass is 9.98. The molecule has 1 heterocycles. The Morgan fingerprint density at radius 1 is 1.00 bits per heavy atom. The lowest BCUT2D eigenvalue weighted by Crippen LogP contribution is -2.50. The van der Waals surface area contributed by atoms with Gasteiger partial charge in [-0.2, -0.15) is 0 Å². The highest BCUT2D eigenvalue weighted by molar-refractivity contribution is 4.94. The third kappa shape index (κ3) is 2.50. The Hall–Kier alpha value is -0.320. The maximum absolute atomic E-state index is 9.50. The van der Waals surface area contributed by atoms with E-state index < -0.39 is 49.5 Å². The third-order valence-electron chi connectivity index (χ3n) is 2.54. The van der Waals surface area contributed by atoms with Crippen LogP contribution in [0.15, 0.2) is 0 Å². The molecule has 0 aliphatic carbocycles. The molecule has 1 fully saturated rings. The zero-order chi connectivity index (χ0) is 12.5. The Bertz CT molecular complexity index is 224. The molecular formula is C8H16O8. The molecule has 0 amide bonds. The number of hydrogen-bond donors (Lipinski definition) is 7. The van der Waals surface area contributed by atoms with E-state index in [2.05, 4.69) is 4.74 Å². The van der Waals surface area contributed by atoms with Crippen LogP contribution in [0.1, 0.15) is 0 Å². The molecule has 0 spiro atoms. The minimum absolute atomic E-state index is 0.786. The lowest BCUT2D eigenvalue weighted by Gasteiger charge is -2.27. The Morgan fingerprint density at radius 2 is 1.56 bits per heavy atom. The van der Waals surface area contributed by atoms with E-state index in [1.165, 1.54) is 0 Å². The topological polar surface area (TPSA) is 151 Å². The fraction of sp³-hybridized carbons (Fsp3) is 1.00. The van der Waals surface area contributed by atoms with Crippen LogP contribution in [0.5, 0.6) is 0 Å². The molecule has 0 radical (unpaired) electrons. The van der Waals surface area contributed by atoms with E-state index in [-0.39, 0.29) is 0 Å². The van der Waals surface area contributed by atoms with Gasteiger partial charge in [-0.25, -0.2) is 0 Å². The van der Waals surface area contributed by atoms with Crippen LogP contribution in [-0.4, -0.2) is 85.3 Å². The average molecular weight is 240 g/mol. The molecular weight excluding hydrogens is 224 g/mol. The minimum Gasteiger partial charge on any atom is -0.394 e. The SMILES string of the molecule is OCC(O)[C@@H](O)[C@H](O)[C@H]1OC(O)[C@@H](O)[C@H]1O. The first-order valence-electron chi connectivity index (χ1n) is 4.75. The molecule has 1 saturated heterocycles. The van der Waals surface area contributed by atoms with E-state index >= 15 is 0 Å². The van der Waals surface area contributed by atoms with Crippen molar-refractivity contribution >= 4 is 0 Å². The van der Waals surface area contributed by atoms with Gasteiger partial charge in [0.15, 0.2) is 6.29 Å². The minimum atomic E-state index is -1.76. The van der Waals surface area contributed by atoms with E-state index in [4.69, 9.17) is 20.4 Å². The molecule has 7 atom stereocenters. The molecule has 16 heavy (non-hydrogen) atoms. The van der Waals surface area contributed by atoms with Gasteiger partial charge in [-0.05, 0) is 0 Å². The lowest BCUT2D eigenvalue weighted by molar-refractivity contribution is -0.174. The molecule has 2 unspecified atom stereocenters. The summed E-state index contributed by atoms with van der Waals surface area (Å²) in [4.78, 5) is 0. The maximum atomic E-state index is 9.50. The quantitative estimate of drug-likeness (QED) is 0.260. The predicted molar refractivity (Wildman–Crippen MR) is 48.0 cm³/mol. The highest BCUT2D eigenvalue weighted by Crippen LogP contribution is 2.24. The van der Waals surface area contributed by atoms with Gasteiger partial charge in [0.05, 0.1) is 6.61 Å². The van der Waals surface area contributed by atoms with Crippen molar-refractivity contribution in [3.63, 3.8) is 0 Å². The summed E-state index contributed by atoms with van der Waals surface area (Å²) in [6.45, 7) is -0.786. The second kappa shape index (κ2) is 5.34. The van der Waals surface area contributed by atoms with Crippen LogP contribution >= 0.6 is 0 Å². The number of ether oxygens (including phenoxy) is 1. The fourth-order valence-electron chi connectivity index (χ4n) is 1.50. The van der Waals surface area contributed by atoms with Crippen molar-refractivity contribution < 1.29 is 40.5 Å². The zero-order valence-corrected chi connectivity index (χ0v) is 8.29. The van der Waals surface area contributed by atoms with E-state index in [0.29, 0.717) is 0 Å². The molecule has 0 aromatic carbocycles. The van der Waals surface area contributed by atoms with Gasteiger partial charge in [-0.3, -0.25) is 0 Å². The number of hydrogen-bond acceptors (Lipinski definition) is 8. The third-order valence-corrected chi connectivity index (χ3v) is 2.54. The van der Waals surface area contributed by atoms with Crippen LogP contribution in [0.25, 0.3) is 0 Å². The predicted octanol–water partition coefficient (Wildman–Crippen LogP) is -4.50. The largest absolute Gasteiger partial charge is 0.394 e. The highest BCUT2D eigenvalue weighted by atomic mass is 16.6. The van der Waals surface area contributed by atoms with Crippen molar-refractivity contribution in [1.82, 2.24) is 0 Å². The maximum Gasteiger partial charge on any atom is 0.184 e. The summed E-state index contributed by atoms with van der Waals surface area (Å²) in [5.74, 6) is 0. The van der Waals surface area contributed by atoms with E-state index in [1.807, 2.05) is 0 Å². The van der Waals surface area contributed by atoms with Crippen LogP contribution < -0.4 is 0 Å². The van der Waals surface area contributed by atoms with Crippen LogP contribution in [0, 0.1) is 0 Å². The summed E-state index contributed by atoms with van der Waals surface area (Å²) in [7, 11) is 0. The molecule has 96 valence electrons. The van der Waals surface area contributed by atoms with Gasteiger partial charge in [-0.1, -0.05) is 0 Å². The van der Waals surface area contributed by atoms with Gasteiger partial charge >= 0.3 is 0 Å². The zero-order valence-electron chi connectivity index (χ0n) is 8.29. The Balaban J connectivity index is 2.64. The van der Waals surface area contributed by atoms with Gasteiger partial charge in [0.1, 0.15) is 36.6 Å². The Morgan fingerprint density at radius 3 is 1.94 bits per heavy atom. The fourth-order valence-corrected chi connectivity index (χ4v) is 1.50. The second-order valence-electron chi connectivity index (χ2n) is 3.70. The summed E-state index contributed by atoms with van der Waals surface area (Å²) in [6.07, 6.45) is -11.4. The van der Waals surface area contributed by atoms with Gasteiger partial charge < -0.3 is 40.5 Å². The van der Waals surface area contributed by atoms with Gasteiger partial charge in [0, 0.05) is 0 Å². The molecule has 0 aromatic heterocycles. The van der Waals surface area contributed by atoms with Crippen LogP contribution in [-0.2, 0) is 4.74 Å². The Labute approximate surface area is 91.0 Å². The molecule has 7 N–H and O–H groups in total. The number of aliphatic hydroxyl groups excluding tert-OH is 7. The molecule has 1 aliphatic rings. The summed E-state index contributed by atoms with van der Waals surface area (Å²) in [5.41, 5.74) is 0. The van der Waals surface area contributed by atoms with E-state index in [1.54, 1.807) is 0 Å². The smallest absolute Gasteiger partial charge is 0.184 e. The highest BCUT2D eigenvalue weighted by Gasteiger charge is 2.47. The van der Waals surface area contributed by atoms with Crippen LogP contribution in [0.3, 0.4) is 0 Å². The molecule has 8 heteroatoms. The average Bonchev–Trinajstić information content (AvgIpc) is 2.54. The number of aliphatic hydroxyl groups is 7. The van der Waals surface area contributed by atoms with Crippen molar-refractivity contribution in [3.8, 4) is 0 Å². The van der Waals surface area contributed by atoms with Gasteiger partial charge in [0.25, 0.3) is 0 Å². The summed E-state index contributed by atoms with van der Waals surface area (Å²) in [6, 6.07) is 0. The van der Waals surface area contributed by atoms with Crippen molar-refractivity contribution in [2.75, 3.05) is 6.61 Å². The summed E-state index contributed by atoms with van der Waals surface area (Å²) in [5, 5.41) is 63.9. The molecule has 0 aromatic rings. The molecule has 0 saturated carbocycles. The summed E-state index contributed by atoms with van der Waals surface area (Å²) < 4.78 is 4.62. The van der Waals surface area contributed by atoms with Crippen LogP contribution in [0.4, 0.5) is 0 Å². The number of rotatable bonds is 4. The first kappa shape index (κ1) is 13.7. The van der Waals surface area contributed by atoms with Crippen molar-refractivity contribution in [3.05, 3.63) is 0 Å². The van der Waals surface area contributed by atoms with Crippen molar-refractivity contribution in [1.29, 1.82) is 0 Å². The standard InChI is InChI=1S/C8H16O8/c9-1-2(10)3(11)4(12)7-5(13)6(14)8(15)16-7/h2-15H,1H2/t2?,3-,4+,5-,6+,7-,8?/m1/s1. The van der Waals surface area contributed by atoms with E-state index in [0.717, 1.165) is 0 Å².